The molecular formula is C13H34N2O3. The van der Waals surface area contributed by atoms with Crippen molar-refractivity contribution in [2.45, 2.75) is 53.8 Å². The van der Waals surface area contributed by atoms with E-state index in [1.807, 2.05) is 20.8 Å². The molecule has 114 valence electrons. The van der Waals surface area contributed by atoms with Gasteiger partial charge in [0.15, 0.2) is 0 Å². The second-order valence-corrected chi connectivity index (χ2v) is 4.25. The van der Waals surface area contributed by atoms with Gasteiger partial charge in [-0.2, -0.15) is 0 Å². The highest BCUT2D eigenvalue weighted by molar-refractivity contribution is 4.52. The third kappa shape index (κ3) is 18.2. The minimum atomic E-state index is 0. The molecule has 5 heteroatoms. The zero-order valence-electron chi connectivity index (χ0n) is 10.6. The van der Waals surface area contributed by atoms with Gasteiger partial charge in [-0.25, -0.2) is 0 Å². The smallest absolute Gasteiger partial charge is 0.0781 e. The van der Waals surface area contributed by atoms with E-state index in [0.717, 1.165) is 0 Å². The van der Waals surface area contributed by atoms with E-state index in [4.69, 9.17) is 25.7 Å². The molecule has 0 aliphatic rings. The molecule has 3 atom stereocenters. The topological polar surface area (TPSA) is 79.7 Å². The Morgan fingerprint density at radius 1 is 0.778 bits per heavy atom. The van der Waals surface area contributed by atoms with E-state index in [1.165, 1.54) is 0 Å². The van der Waals surface area contributed by atoms with Crippen LogP contribution in [0, 0.1) is 0 Å². The summed E-state index contributed by atoms with van der Waals surface area (Å²) < 4.78 is 16.1. The minimum Gasteiger partial charge on any atom is -0.377 e. The first-order chi connectivity index (χ1) is 7.52. The highest BCUT2D eigenvalue weighted by Crippen LogP contribution is 1.93. The molecule has 0 fully saturated rings. The van der Waals surface area contributed by atoms with Crippen molar-refractivity contribution < 1.29 is 14.2 Å². The molecular weight excluding hydrogens is 232 g/mol. The standard InChI is InChI=1S/C11H26N2O3.2CH4/c1-9(12)6-14-4-5-16-11(3)8-15-7-10(2)13;;/h9-11H,4-8,12-13H2,1-3H3;2*1H4. The van der Waals surface area contributed by atoms with Crippen molar-refractivity contribution >= 4 is 0 Å². The second-order valence-electron chi connectivity index (χ2n) is 4.25. The van der Waals surface area contributed by atoms with Crippen molar-refractivity contribution in [1.82, 2.24) is 0 Å². The van der Waals surface area contributed by atoms with Gasteiger partial charge in [0.05, 0.1) is 39.1 Å². The van der Waals surface area contributed by atoms with Gasteiger partial charge in [0.1, 0.15) is 0 Å². The minimum absolute atomic E-state index is 0. The van der Waals surface area contributed by atoms with Crippen molar-refractivity contribution in [2.24, 2.45) is 11.5 Å². The summed E-state index contributed by atoms with van der Waals surface area (Å²) in [6.45, 7) is 8.61. The lowest BCUT2D eigenvalue weighted by Crippen LogP contribution is -2.26. The molecule has 0 heterocycles. The first kappa shape index (κ1) is 22.9. The van der Waals surface area contributed by atoms with Crippen molar-refractivity contribution in [2.75, 3.05) is 33.0 Å². The first-order valence-corrected chi connectivity index (χ1v) is 5.80. The van der Waals surface area contributed by atoms with Crippen LogP contribution in [0.3, 0.4) is 0 Å². The first-order valence-electron chi connectivity index (χ1n) is 5.80. The van der Waals surface area contributed by atoms with E-state index in [1.54, 1.807) is 0 Å². The van der Waals surface area contributed by atoms with E-state index in [2.05, 4.69) is 0 Å². The quantitative estimate of drug-likeness (QED) is 0.584. The SMILES string of the molecule is C.C.CC(N)COCCOC(C)COCC(C)N. The fraction of sp³-hybridized carbons (Fsp3) is 1.00. The molecule has 0 aliphatic carbocycles. The molecule has 0 amide bonds. The molecule has 3 unspecified atom stereocenters. The van der Waals surface area contributed by atoms with Gasteiger partial charge in [0.2, 0.25) is 0 Å². The average molecular weight is 266 g/mol. The number of nitrogens with two attached hydrogens (primary N) is 2. The lowest BCUT2D eigenvalue weighted by molar-refractivity contribution is -0.0319. The van der Waals surface area contributed by atoms with Gasteiger partial charge in [-0.15, -0.1) is 0 Å². The van der Waals surface area contributed by atoms with Crippen LogP contribution in [0.4, 0.5) is 0 Å². The normalized spacial score (nSPS) is 15.2. The van der Waals surface area contributed by atoms with Gasteiger partial charge in [-0.05, 0) is 20.8 Å². The lowest BCUT2D eigenvalue weighted by Gasteiger charge is -2.14. The number of hydrogen-bond acceptors (Lipinski definition) is 5. The van der Waals surface area contributed by atoms with Crippen molar-refractivity contribution in [3.05, 3.63) is 0 Å². The molecule has 0 saturated heterocycles. The molecule has 0 radical (unpaired) electrons. The average Bonchev–Trinajstić information content (AvgIpc) is 2.16. The maximum Gasteiger partial charge on any atom is 0.0781 e. The van der Waals surface area contributed by atoms with Crippen LogP contribution in [0.5, 0.6) is 0 Å². The zero-order valence-corrected chi connectivity index (χ0v) is 10.6. The van der Waals surface area contributed by atoms with E-state index < -0.39 is 0 Å². The molecule has 0 rings (SSSR count). The van der Waals surface area contributed by atoms with E-state index in [9.17, 15) is 0 Å². The van der Waals surface area contributed by atoms with E-state index in [0.29, 0.717) is 33.0 Å². The largest absolute Gasteiger partial charge is 0.377 e. The van der Waals surface area contributed by atoms with Gasteiger partial charge in [-0.3, -0.25) is 0 Å². The molecule has 18 heavy (non-hydrogen) atoms. The fourth-order valence-corrected chi connectivity index (χ4v) is 1.05. The summed E-state index contributed by atoms with van der Waals surface area (Å²) in [5.74, 6) is 0. The second kappa shape index (κ2) is 14.9. The Kier molecular flexibility index (Phi) is 18.9. The molecule has 0 saturated carbocycles. The van der Waals surface area contributed by atoms with E-state index in [-0.39, 0.29) is 33.0 Å². The highest BCUT2D eigenvalue weighted by atomic mass is 16.5. The monoisotopic (exact) mass is 266 g/mol. The highest BCUT2D eigenvalue weighted by Gasteiger charge is 2.03. The number of rotatable bonds is 10. The third-order valence-electron chi connectivity index (χ3n) is 1.74. The van der Waals surface area contributed by atoms with Crippen LogP contribution in [0.1, 0.15) is 35.6 Å². The Hall–Kier alpha value is -0.200. The van der Waals surface area contributed by atoms with Gasteiger partial charge < -0.3 is 25.7 Å². The predicted octanol–water partition coefficient (Wildman–Crippen LogP) is 1.39. The third-order valence-corrected chi connectivity index (χ3v) is 1.74. The number of hydrogen-bond donors (Lipinski definition) is 2. The van der Waals surface area contributed by atoms with Gasteiger partial charge >= 0.3 is 0 Å². The summed E-state index contributed by atoms with van der Waals surface area (Å²) in [6.07, 6.45) is 0.0673. The molecule has 0 spiro atoms. The zero-order chi connectivity index (χ0) is 12.4. The molecule has 0 aromatic rings. The Morgan fingerprint density at radius 3 is 1.78 bits per heavy atom. The van der Waals surface area contributed by atoms with Crippen molar-refractivity contribution in [1.29, 1.82) is 0 Å². The Balaban J connectivity index is -0.00000112. The Labute approximate surface area is 113 Å². The fourth-order valence-electron chi connectivity index (χ4n) is 1.05. The van der Waals surface area contributed by atoms with Crippen LogP contribution in [0.2, 0.25) is 0 Å². The Bertz CT molecular complexity index is 155. The summed E-state index contributed by atoms with van der Waals surface area (Å²) in [6, 6.07) is 0.147. The van der Waals surface area contributed by atoms with Gasteiger partial charge in [0.25, 0.3) is 0 Å². The van der Waals surface area contributed by atoms with Gasteiger partial charge in [-0.1, -0.05) is 14.9 Å². The molecule has 4 N–H and O–H groups in total. The summed E-state index contributed by atoms with van der Waals surface area (Å²) in [5.41, 5.74) is 11.1. The van der Waals surface area contributed by atoms with E-state index >= 15 is 0 Å². The Morgan fingerprint density at radius 2 is 1.28 bits per heavy atom. The number of ether oxygens (including phenoxy) is 3. The summed E-state index contributed by atoms with van der Waals surface area (Å²) in [7, 11) is 0. The summed E-state index contributed by atoms with van der Waals surface area (Å²) >= 11 is 0. The van der Waals surface area contributed by atoms with Crippen LogP contribution in [0.25, 0.3) is 0 Å². The van der Waals surface area contributed by atoms with Crippen molar-refractivity contribution in [3.8, 4) is 0 Å². The van der Waals surface area contributed by atoms with Gasteiger partial charge in [0, 0.05) is 12.1 Å². The maximum absolute atomic E-state index is 5.55. The summed E-state index contributed by atoms with van der Waals surface area (Å²) in [5, 5.41) is 0. The molecule has 0 aromatic heterocycles. The van der Waals surface area contributed by atoms with Crippen molar-refractivity contribution in [3.63, 3.8) is 0 Å². The molecule has 0 aliphatic heterocycles. The maximum atomic E-state index is 5.55. The van der Waals surface area contributed by atoms with Crippen LogP contribution < -0.4 is 11.5 Å². The predicted molar refractivity (Wildman–Crippen MR) is 77.8 cm³/mol. The lowest BCUT2D eigenvalue weighted by atomic mass is 10.4. The van der Waals surface area contributed by atoms with Crippen LogP contribution in [-0.4, -0.2) is 51.2 Å². The molecule has 0 bridgehead atoms. The summed E-state index contributed by atoms with van der Waals surface area (Å²) in [4.78, 5) is 0. The molecule has 0 aromatic carbocycles. The van der Waals surface area contributed by atoms with Crippen LogP contribution in [-0.2, 0) is 14.2 Å². The van der Waals surface area contributed by atoms with Crippen LogP contribution in [0.15, 0.2) is 0 Å². The van der Waals surface area contributed by atoms with Crippen LogP contribution >= 0.6 is 0 Å². The molecule has 5 nitrogen and oxygen atoms in total.